The molecule has 0 saturated carbocycles. The molecule has 1 aromatic heterocycles. The first-order valence-corrected chi connectivity index (χ1v) is 9.54. The van der Waals surface area contributed by atoms with Crippen LogP contribution in [0.3, 0.4) is 0 Å². The summed E-state index contributed by atoms with van der Waals surface area (Å²) in [5, 5.41) is 10.1. The zero-order valence-corrected chi connectivity index (χ0v) is 16.9. The maximum absolute atomic E-state index is 12.4. The summed E-state index contributed by atoms with van der Waals surface area (Å²) in [6.07, 6.45) is 0.319. The number of hydrogen-bond donors (Lipinski definition) is 2. The van der Waals surface area contributed by atoms with Gasteiger partial charge in [0.15, 0.2) is 10.6 Å². The highest BCUT2D eigenvalue weighted by atomic mass is 32.1. The Morgan fingerprint density at radius 2 is 1.89 bits per heavy atom. The van der Waals surface area contributed by atoms with E-state index in [1.165, 1.54) is 5.56 Å². The molecule has 28 heavy (non-hydrogen) atoms. The molecule has 0 spiro atoms. The molecule has 6 nitrogen and oxygen atoms in total. The van der Waals surface area contributed by atoms with Gasteiger partial charge in [-0.2, -0.15) is 5.10 Å². The van der Waals surface area contributed by atoms with Crippen molar-refractivity contribution in [2.45, 2.75) is 33.0 Å². The van der Waals surface area contributed by atoms with Crippen LogP contribution in [0.25, 0.3) is 11.4 Å². The average Bonchev–Trinajstić information content (AvgIpc) is 3.07. The quantitative estimate of drug-likeness (QED) is 0.569. The maximum Gasteiger partial charge on any atom is 0.222 e. The van der Waals surface area contributed by atoms with Gasteiger partial charge in [-0.15, -0.1) is 0 Å². The lowest BCUT2D eigenvalue weighted by Crippen LogP contribution is -2.24. The molecule has 1 amide bonds. The molecule has 3 aromatic rings. The van der Waals surface area contributed by atoms with Crippen molar-refractivity contribution in [2.75, 3.05) is 7.11 Å². The summed E-state index contributed by atoms with van der Waals surface area (Å²) in [5.41, 5.74) is 4.27. The lowest BCUT2D eigenvalue weighted by atomic mass is 10.1. The van der Waals surface area contributed by atoms with Crippen LogP contribution in [0.1, 0.15) is 23.1 Å². The summed E-state index contributed by atoms with van der Waals surface area (Å²) in [5.74, 6) is 0.702. The zero-order valence-electron chi connectivity index (χ0n) is 16.1. The van der Waals surface area contributed by atoms with Crippen LogP contribution in [0.5, 0.6) is 0 Å². The van der Waals surface area contributed by atoms with Crippen molar-refractivity contribution >= 4 is 18.1 Å². The fourth-order valence-electron chi connectivity index (χ4n) is 2.97. The van der Waals surface area contributed by atoms with E-state index in [0.29, 0.717) is 30.9 Å². The molecule has 1 heterocycles. The van der Waals surface area contributed by atoms with Crippen molar-refractivity contribution < 1.29 is 9.53 Å². The smallest absolute Gasteiger partial charge is 0.222 e. The van der Waals surface area contributed by atoms with E-state index in [2.05, 4.69) is 15.5 Å². The summed E-state index contributed by atoms with van der Waals surface area (Å²) in [6.45, 7) is 3.50. The Labute approximate surface area is 169 Å². The summed E-state index contributed by atoms with van der Waals surface area (Å²) in [6, 6.07) is 16.0. The molecule has 0 aliphatic rings. The first-order valence-electron chi connectivity index (χ1n) is 9.13. The van der Waals surface area contributed by atoms with Crippen LogP contribution < -0.4 is 5.32 Å². The van der Waals surface area contributed by atoms with Gasteiger partial charge >= 0.3 is 0 Å². The van der Waals surface area contributed by atoms with Gasteiger partial charge in [0.1, 0.15) is 0 Å². The number of amides is 1. The van der Waals surface area contributed by atoms with E-state index in [-0.39, 0.29) is 5.91 Å². The SMILES string of the molecule is COCc1ccccc1CNC(=O)CCn1c(-c2ccc(C)cc2)n[nH]c1=S. The Bertz CT molecular complexity index is 992. The number of nitrogens with one attached hydrogen (secondary N) is 2. The predicted molar refractivity (Wildman–Crippen MR) is 111 cm³/mol. The van der Waals surface area contributed by atoms with Crippen LogP contribution in [-0.2, 0) is 29.2 Å². The normalized spacial score (nSPS) is 10.8. The van der Waals surface area contributed by atoms with E-state index in [1.807, 2.05) is 60.0 Å². The second-order valence-corrected chi connectivity index (χ2v) is 6.99. The molecule has 0 saturated heterocycles. The number of aromatic nitrogens is 3. The van der Waals surface area contributed by atoms with E-state index in [0.717, 1.165) is 22.5 Å². The van der Waals surface area contributed by atoms with Crippen LogP contribution in [0, 0.1) is 11.7 Å². The molecule has 146 valence electrons. The number of nitrogens with zero attached hydrogens (tertiary/aromatic N) is 2. The van der Waals surface area contributed by atoms with E-state index in [1.54, 1.807) is 7.11 Å². The minimum atomic E-state index is -0.0369. The number of hydrogen-bond acceptors (Lipinski definition) is 4. The van der Waals surface area contributed by atoms with Gasteiger partial charge in [-0.1, -0.05) is 54.1 Å². The molecule has 2 N–H and O–H groups in total. The van der Waals surface area contributed by atoms with Crippen molar-refractivity contribution in [1.29, 1.82) is 0 Å². The van der Waals surface area contributed by atoms with Gasteiger partial charge in [-0.3, -0.25) is 14.5 Å². The van der Waals surface area contributed by atoms with Gasteiger partial charge in [0.25, 0.3) is 0 Å². The van der Waals surface area contributed by atoms with E-state index in [9.17, 15) is 4.79 Å². The highest BCUT2D eigenvalue weighted by Gasteiger charge is 2.11. The van der Waals surface area contributed by atoms with E-state index < -0.39 is 0 Å². The minimum Gasteiger partial charge on any atom is -0.380 e. The van der Waals surface area contributed by atoms with Crippen molar-refractivity contribution in [2.24, 2.45) is 0 Å². The molecule has 3 rings (SSSR count). The fourth-order valence-corrected chi connectivity index (χ4v) is 3.19. The monoisotopic (exact) mass is 396 g/mol. The Kier molecular flexibility index (Phi) is 6.73. The second kappa shape index (κ2) is 9.43. The Morgan fingerprint density at radius 3 is 2.61 bits per heavy atom. The number of ether oxygens (including phenoxy) is 1. The summed E-state index contributed by atoms with van der Waals surface area (Å²) >= 11 is 5.34. The van der Waals surface area contributed by atoms with Gasteiger partial charge in [-0.05, 0) is 30.3 Å². The summed E-state index contributed by atoms with van der Waals surface area (Å²) in [4.78, 5) is 12.4. The fraction of sp³-hybridized carbons (Fsp3) is 0.286. The van der Waals surface area contributed by atoms with Crippen molar-refractivity contribution in [3.8, 4) is 11.4 Å². The van der Waals surface area contributed by atoms with Crippen LogP contribution in [-0.4, -0.2) is 27.8 Å². The van der Waals surface area contributed by atoms with Crippen molar-refractivity contribution in [3.63, 3.8) is 0 Å². The van der Waals surface area contributed by atoms with Gasteiger partial charge in [0.2, 0.25) is 5.91 Å². The van der Waals surface area contributed by atoms with Gasteiger partial charge in [-0.25, -0.2) is 0 Å². The number of aromatic amines is 1. The van der Waals surface area contributed by atoms with E-state index >= 15 is 0 Å². The van der Waals surface area contributed by atoms with Crippen LogP contribution >= 0.6 is 12.2 Å². The Hall–Kier alpha value is -2.77. The first-order chi connectivity index (χ1) is 13.6. The van der Waals surface area contributed by atoms with Gasteiger partial charge in [0.05, 0.1) is 6.61 Å². The number of carbonyl (C=O) groups is 1. The highest BCUT2D eigenvalue weighted by molar-refractivity contribution is 7.71. The van der Waals surface area contributed by atoms with Gasteiger partial charge in [0, 0.05) is 32.2 Å². The third kappa shape index (κ3) is 4.94. The molecule has 0 aliphatic heterocycles. The molecule has 0 bridgehead atoms. The average molecular weight is 397 g/mol. The molecular formula is C21H24N4O2S. The highest BCUT2D eigenvalue weighted by Crippen LogP contribution is 2.18. The van der Waals surface area contributed by atoms with Crippen LogP contribution in [0.15, 0.2) is 48.5 Å². The first kappa shape index (κ1) is 20.0. The number of carbonyl (C=O) groups excluding carboxylic acids is 1. The second-order valence-electron chi connectivity index (χ2n) is 6.60. The molecule has 0 aliphatic carbocycles. The zero-order chi connectivity index (χ0) is 19.9. The third-order valence-corrected chi connectivity index (χ3v) is 4.84. The number of H-pyrrole nitrogens is 1. The number of rotatable bonds is 8. The largest absolute Gasteiger partial charge is 0.380 e. The Balaban J connectivity index is 1.62. The number of aryl methyl sites for hydroxylation is 1. The predicted octanol–water partition coefficient (Wildman–Crippen LogP) is 3.77. The van der Waals surface area contributed by atoms with Gasteiger partial charge < -0.3 is 10.1 Å². The third-order valence-electron chi connectivity index (χ3n) is 4.52. The van der Waals surface area contributed by atoms with Crippen LogP contribution in [0.2, 0.25) is 0 Å². The standard InChI is InChI=1S/C21H24N4O2S/c1-15-7-9-16(10-8-15)20-23-24-21(28)25(20)12-11-19(26)22-13-17-5-3-4-6-18(17)14-27-2/h3-10H,11-14H2,1-2H3,(H,22,26)(H,24,28). The number of methoxy groups -OCH3 is 1. The van der Waals surface area contributed by atoms with Crippen LogP contribution in [0.4, 0.5) is 0 Å². The van der Waals surface area contributed by atoms with Crippen molar-refractivity contribution in [1.82, 2.24) is 20.1 Å². The molecule has 2 aromatic carbocycles. The molecule has 0 radical (unpaired) electrons. The van der Waals surface area contributed by atoms with E-state index in [4.69, 9.17) is 17.0 Å². The van der Waals surface area contributed by atoms with Crippen molar-refractivity contribution in [3.05, 3.63) is 70.0 Å². The molecule has 0 fully saturated rings. The molecular weight excluding hydrogens is 372 g/mol. The lowest BCUT2D eigenvalue weighted by molar-refractivity contribution is -0.121. The topological polar surface area (TPSA) is 71.9 Å². The minimum absolute atomic E-state index is 0.0369. The summed E-state index contributed by atoms with van der Waals surface area (Å²) in [7, 11) is 1.66. The summed E-state index contributed by atoms with van der Waals surface area (Å²) < 4.78 is 7.58. The lowest BCUT2D eigenvalue weighted by Gasteiger charge is -2.11. The number of benzene rings is 2. The molecule has 0 atom stereocenters. The molecule has 7 heteroatoms. The maximum atomic E-state index is 12.4. The molecule has 0 unspecified atom stereocenters. The Morgan fingerprint density at radius 1 is 1.18 bits per heavy atom.